The summed E-state index contributed by atoms with van der Waals surface area (Å²) in [5.41, 5.74) is -0.0237. The number of furan rings is 1. The minimum Gasteiger partial charge on any atom is -0.481 e. The molecule has 0 saturated heterocycles. The van der Waals surface area contributed by atoms with Crippen molar-refractivity contribution in [2.24, 2.45) is 0 Å². The van der Waals surface area contributed by atoms with Gasteiger partial charge in [-0.25, -0.2) is 0 Å². The molecule has 2 atom stereocenters. The molecule has 0 saturated carbocycles. The lowest BCUT2D eigenvalue weighted by atomic mass is 9.93. The summed E-state index contributed by atoms with van der Waals surface area (Å²) < 4.78 is 5.70. The molecule has 2 rings (SSSR count). The Labute approximate surface area is 129 Å². The fourth-order valence-corrected chi connectivity index (χ4v) is 2.34. The lowest BCUT2D eigenvalue weighted by Gasteiger charge is -2.29. The topological polar surface area (TPSA) is 79.5 Å². The SMILES string of the molecule is CC[C@@](C)(CC(=O)O)NC(=O)[C@H](C)c1cc2ccccc2o1. The summed E-state index contributed by atoms with van der Waals surface area (Å²) >= 11 is 0. The van der Waals surface area contributed by atoms with Crippen molar-refractivity contribution in [1.29, 1.82) is 0 Å². The number of carboxylic acid groups (broad SMARTS) is 1. The maximum absolute atomic E-state index is 12.4. The van der Waals surface area contributed by atoms with Crippen LogP contribution in [0.1, 0.15) is 45.3 Å². The van der Waals surface area contributed by atoms with Crippen LogP contribution in [0.2, 0.25) is 0 Å². The van der Waals surface area contributed by atoms with Crippen LogP contribution in [0.4, 0.5) is 0 Å². The minimum absolute atomic E-state index is 0.109. The van der Waals surface area contributed by atoms with E-state index in [1.165, 1.54) is 0 Å². The van der Waals surface area contributed by atoms with Crippen LogP contribution in [0.15, 0.2) is 34.7 Å². The van der Waals surface area contributed by atoms with Gasteiger partial charge in [-0.3, -0.25) is 9.59 Å². The number of carbonyl (C=O) groups excluding carboxylic acids is 1. The Morgan fingerprint density at radius 1 is 1.36 bits per heavy atom. The number of carboxylic acids is 1. The minimum atomic E-state index is -0.930. The number of fused-ring (bicyclic) bond motifs is 1. The van der Waals surface area contributed by atoms with Crippen LogP contribution in [-0.4, -0.2) is 22.5 Å². The number of benzene rings is 1. The molecular weight excluding hydrogens is 282 g/mol. The summed E-state index contributed by atoms with van der Waals surface area (Å²) in [5, 5.41) is 12.8. The molecule has 22 heavy (non-hydrogen) atoms. The molecule has 1 aromatic heterocycles. The third-order valence-electron chi connectivity index (χ3n) is 4.01. The van der Waals surface area contributed by atoms with Crippen molar-refractivity contribution in [3.8, 4) is 0 Å². The van der Waals surface area contributed by atoms with Crippen LogP contribution in [0, 0.1) is 0 Å². The van der Waals surface area contributed by atoms with E-state index in [1.54, 1.807) is 13.8 Å². The fourth-order valence-electron chi connectivity index (χ4n) is 2.34. The third kappa shape index (κ3) is 3.47. The predicted octanol–water partition coefficient (Wildman–Crippen LogP) is 3.30. The summed E-state index contributed by atoms with van der Waals surface area (Å²) in [6, 6.07) is 9.41. The number of hydrogen-bond acceptors (Lipinski definition) is 3. The monoisotopic (exact) mass is 303 g/mol. The number of amides is 1. The van der Waals surface area contributed by atoms with Crippen LogP contribution in [0.25, 0.3) is 11.0 Å². The zero-order valence-corrected chi connectivity index (χ0v) is 13.1. The van der Waals surface area contributed by atoms with Crippen molar-refractivity contribution in [2.45, 2.75) is 45.1 Å². The van der Waals surface area contributed by atoms with Gasteiger partial charge in [0.05, 0.1) is 12.3 Å². The van der Waals surface area contributed by atoms with E-state index in [0.29, 0.717) is 12.2 Å². The van der Waals surface area contributed by atoms with Crippen molar-refractivity contribution >= 4 is 22.8 Å². The Bertz CT molecular complexity index is 658. The maximum Gasteiger partial charge on any atom is 0.305 e. The maximum atomic E-state index is 12.4. The first-order valence-electron chi connectivity index (χ1n) is 7.37. The van der Waals surface area contributed by atoms with Crippen molar-refractivity contribution < 1.29 is 19.1 Å². The Morgan fingerprint density at radius 3 is 2.64 bits per heavy atom. The molecule has 0 bridgehead atoms. The Morgan fingerprint density at radius 2 is 2.05 bits per heavy atom. The molecule has 0 aliphatic heterocycles. The lowest BCUT2D eigenvalue weighted by Crippen LogP contribution is -2.48. The van der Waals surface area contributed by atoms with Gasteiger partial charge in [0.2, 0.25) is 5.91 Å². The van der Waals surface area contributed by atoms with E-state index in [-0.39, 0.29) is 12.3 Å². The van der Waals surface area contributed by atoms with E-state index in [0.717, 1.165) is 11.0 Å². The van der Waals surface area contributed by atoms with Gasteiger partial charge in [0, 0.05) is 10.9 Å². The smallest absolute Gasteiger partial charge is 0.305 e. The van der Waals surface area contributed by atoms with Crippen molar-refractivity contribution in [1.82, 2.24) is 5.32 Å². The molecule has 1 aromatic carbocycles. The standard InChI is InChI=1S/C17H21NO4/c1-4-17(3,10-15(19)20)18-16(21)11(2)14-9-12-7-5-6-8-13(12)22-14/h5-9,11H,4,10H2,1-3H3,(H,18,21)(H,19,20)/t11-,17+/m1/s1. The normalized spacial score (nSPS) is 15.2. The largest absolute Gasteiger partial charge is 0.481 e. The van der Waals surface area contributed by atoms with Crippen molar-refractivity contribution in [3.63, 3.8) is 0 Å². The first kappa shape index (κ1) is 16.1. The highest BCUT2D eigenvalue weighted by Crippen LogP contribution is 2.26. The molecule has 5 heteroatoms. The second kappa shape index (κ2) is 6.22. The van der Waals surface area contributed by atoms with Gasteiger partial charge in [0.25, 0.3) is 0 Å². The van der Waals surface area contributed by atoms with E-state index in [9.17, 15) is 9.59 Å². The van der Waals surface area contributed by atoms with Crippen LogP contribution >= 0.6 is 0 Å². The molecule has 0 unspecified atom stereocenters. The number of rotatable bonds is 6. The highest BCUT2D eigenvalue weighted by molar-refractivity contribution is 5.86. The molecule has 2 aromatic rings. The predicted molar refractivity (Wildman–Crippen MR) is 83.7 cm³/mol. The van der Waals surface area contributed by atoms with Gasteiger partial charge in [-0.2, -0.15) is 0 Å². The molecule has 1 heterocycles. The molecule has 0 spiro atoms. The van der Waals surface area contributed by atoms with Gasteiger partial charge in [-0.15, -0.1) is 0 Å². The highest BCUT2D eigenvalue weighted by atomic mass is 16.4. The summed E-state index contributed by atoms with van der Waals surface area (Å²) in [7, 11) is 0. The van der Waals surface area contributed by atoms with E-state index < -0.39 is 17.4 Å². The van der Waals surface area contributed by atoms with Gasteiger partial charge in [0.1, 0.15) is 11.3 Å². The number of carbonyl (C=O) groups is 2. The van der Waals surface area contributed by atoms with Crippen LogP contribution < -0.4 is 5.32 Å². The molecule has 2 N–H and O–H groups in total. The Kier molecular flexibility index (Phi) is 4.54. The molecule has 0 fully saturated rings. The number of aliphatic carboxylic acids is 1. The molecule has 0 aliphatic carbocycles. The van der Waals surface area contributed by atoms with E-state index in [2.05, 4.69) is 5.32 Å². The summed E-state index contributed by atoms with van der Waals surface area (Å²) in [4.78, 5) is 23.4. The second-order valence-electron chi connectivity index (χ2n) is 5.88. The van der Waals surface area contributed by atoms with Gasteiger partial charge >= 0.3 is 5.97 Å². The van der Waals surface area contributed by atoms with E-state index >= 15 is 0 Å². The summed E-state index contributed by atoms with van der Waals surface area (Å²) in [5.74, 6) is -1.06. The summed E-state index contributed by atoms with van der Waals surface area (Å²) in [6.45, 7) is 5.35. The Hall–Kier alpha value is -2.30. The van der Waals surface area contributed by atoms with E-state index in [4.69, 9.17) is 9.52 Å². The first-order valence-corrected chi connectivity index (χ1v) is 7.37. The lowest BCUT2D eigenvalue weighted by molar-refractivity contribution is -0.139. The van der Waals surface area contributed by atoms with Gasteiger partial charge in [0.15, 0.2) is 0 Å². The molecule has 0 aliphatic rings. The van der Waals surface area contributed by atoms with E-state index in [1.807, 2.05) is 37.3 Å². The number of para-hydroxylation sites is 1. The third-order valence-corrected chi connectivity index (χ3v) is 4.01. The zero-order chi connectivity index (χ0) is 16.3. The fraction of sp³-hybridized carbons (Fsp3) is 0.412. The second-order valence-corrected chi connectivity index (χ2v) is 5.88. The number of hydrogen-bond donors (Lipinski definition) is 2. The van der Waals surface area contributed by atoms with Gasteiger partial charge < -0.3 is 14.8 Å². The molecule has 5 nitrogen and oxygen atoms in total. The zero-order valence-electron chi connectivity index (χ0n) is 13.1. The summed E-state index contributed by atoms with van der Waals surface area (Å²) in [6.07, 6.45) is 0.431. The van der Waals surface area contributed by atoms with Crippen LogP contribution in [-0.2, 0) is 9.59 Å². The highest BCUT2D eigenvalue weighted by Gasteiger charge is 2.30. The molecule has 118 valence electrons. The van der Waals surface area contributed by atoms with Gasteiger partial charge in [-0.1, -0.05) is 25.1 Å². The van der Waals surface area contributed by atoms with Crippen LogP contribution in [0.5, 0.6) is 0 Å². The average molecular weight is 303 g/mol. The molecule has 1 amide bonds. The van der Waals surface area contributed by atoms with Crippen molar-refractivity contribution in [3.05, 3.63) is 36.1 Å². The quantitative estimate of drug-likeness (QED) is 0.858. The van der Waals surface area contributed by atoms with Crippen LogP contribution in [0.3, 0.4) is 0 Å². The molecule has 0 radical (unpaired) electrons. The van der Waals surface area contributed by atoms with Gasteiger partial charge in [-0.05, 0) is 32.4 Å². The average Bonchev–Trinajstić information content (AvgIpc) is 2.89. The number of nitrogens with one attached hydrogen (secondary N) is 1. The van der Waals surface area contributed by atoms with Crippen molar-refractivity contribution in [2.75, 3.05) is 0 Å². The molecular formula is C17H21NO4. The first-order chi connectivity index (χ1) is 10.3. The Balaban J connectivity index is 2.15.